The van der Waals surface area contributed by atoms with Crippen LogP contribution in [0.15, 0.2) is 47.4 Å². The molecule has 0 bridgehead atoms. The third-order valence-electron chi connectivity index (χ3n) is 2.87. The van der Waals surface area contributed by atoms with Gasteiger partial charge in [-0.05, 0) is 31.0 Å². The minimum atomic E-state index is 0.607. The first kappa shape index (κ1) is 13.2. The Morgan fingerprint density at radius 2 is 1.67 bits per heavy atom. The number of rotatable bonds is 4. The summed E-state index contributed by atoms with van der Waals surface area (Å²) in [6.45, 7) is 4.90. The molecule has 2 heteroatoms. The third kappa shape index (κ3) is 3.37. The van der Waals surface area contributed by atoms with Crippen LogP contribution in [0.25, 0.3) is 0 Å². The molecule has 0 aliphatic heterocycles. The summed E-state index contributed by atoms with van der Waals surface area (Å²) in [7, 11) is 0. The van der Waals surface area contributed by atoms with Crippen LogP contribution in [0.4, 0.5) is 0 Å². The molecule has 2 rings (SSSR count). The average molecular weight is 257 g/mol. The second-order valence-electron chi connectivity index (χ2n) is 4.60. The molecule has 0 atom stereocenters. The van der Waals surface area contributed by atoms with Gasteiger partial charge in [-0.25, -0.2) is 0 Å². The lowest BCUT2D eigenvalue weighted by Gasteiger charge is -2.08. The molecule has 0 fully saturated rings. The van der Waals surface area contributed by atoms with E-state index < -0.39 is 0 Å². The molecule has 2 aromatic carbocycles. The quantitative estimate of drug-likeness (QED) is 0.836. The lowest BCUT2D eigenvalue weighted by molar-refractivity contribution is 1.03. The number of aryl methyl sites for hydroxylation is 2. The molecule has 1 nitrogen and oxygen atoms in total. The summed E-state index contributed by atoms with van der Waals surface area (Å²) in [6, 6.07) is 15.1. The van der Waals surface area contributed by atoms with Gasteiger partial charge in [-0.15, -0.1) is 11.8 Å². The van der Waals surface area contributed by atoms with Gasteiger partial charge in [0.15, 0.2) is 0 Å². The highest BCUT2D eigenvalue weighted by atomic mass is 32.2. The molecule has 94 valence electrons. The zero-order chi connectivity index (χ0) is 13.0. The summed E-state index contributed by atoms with van der Waals surface area (Å²) in [4.78, 5) is 1.29. The Kier molecular flexibility index (Phi) is 4.45. The lowest BCUT2D eigenvalue weighted by atomic mass is 10.1. The van der Waals surface area contributed by atoms with Crippen molar-refractivity contribution >= 4 is 11.8 Å². The van der Waals surface area contributed by atoms with E-state index in [1.54, 1.807) is 0 Å². The number of thioether (sulfide) groups is 1. The van der Waals surface area contributed by atoms with Crippen molar-refractivity contribution in [1.82, 2.24) is 0 Å². The summed E-state index contributed by atoms with van der Waals surface area (Å²) in [5.41, 5.74) is 11.0. The van der Waals surface area contributed by atoms with E-state index in [4.69, 9.17) is 5.73 Å². The largest absolute Gasteiger partial charge is 0.326 e. The van der Waals surface area contributed by atoms with Gasteiger partial charge in [-0.1, -0.05) is 47.5 Å². The molecule has 0 spiro atoms. The number of benzene rings is 2. The van der Waals surface area contributed by atoms with Crippen LogP contribution in [0, 0.1) is 13.8 Å². The molecule has 2 N–H and O–H groups in total. The van der Waals surface area contributed by atoms with Crippen LogP contribution in [0.1, 0.15) is 22.3 Å². The molecule has 0 aliphatic carbocycles. The minimum absolute atomic E-state index is 0.607. The average Bonchev–Trinajstić information content (AvgIpc) is 2.35. The molecular weight excluding hydrogens is 238 g/mol. The summed E-state index contributed by atoms with van der Waals surface area (Å²) >= 11 is 1.86. The second kappa shape index (κ2) is 6.07. The van der Waals surface area contributed by atoms with Gasteiger partial charge in [0.25, 0.3) is 0 Å². The van der Waals surface area contributed by atoms with Crippen LogP contribution in [0.5, 0.6) is 0 Å². The molecule has 18 heavy (non-hydrogen) atoms. The van der Waals surface area contributed by atoms with Crippen molar-refractivity contribution < 1.29 is 0 Å². The maximum Gasteiger partial charge on any atom is 0.0232 e. The van der Waals surface area contributed by atoms with Gasteiger partial charge >= 0.3 is 0 Å². The molecule has 0 unspecified atom stereocenters. The first-order valence-electron chi connectivity index (χ1n) is 6.17. The van der Waals surface area contributed by atoms with Crippen LogP contribution >= 0.6 is 11.8 Å². The molecular formula is C16H19NS. The highest BCUT2D eigenvalue weighted by Gasteiger charge is 2.02. The van der Waals surface area contributed by atoms with Crippen LogP contribution in [0.2, 0.25) is 0 Å². The predicted octanol–water partition coefficient (Wildman–Crippen LogP) is 4.05. The standard InChI is InChI=1S/C16H19NS/c1-12-7-13(2)9-14(8-12)11-18-16-6-4-3-5-15(16)10-17/h3-9H,10-11,17H2,1-2H3. The molecule has 0 saturated carbocycles. The maximum absolute atomic E-state index is 5.75. The smallest absolute Gasteiger partial charge is 0.0232 e. The summed E-state index contributed by atoms with van der Waals surface area (Å²) in [5, 5.41) is 0. The van der Waals surface area contributed by atoms with E-state index >= 15 is 0 Å². The summed E-state index contributed by atoms with van der Waals surface area (Å²) < 4.78 is 0. The monoisotopic (exact) mass is 257 g/mol. The number of hydrogen-bond acceptors (Lipinski definition) is 2. The Bertz CT molecular complexity index is 514. The molecule has 0 heterocycles. The SMILES string of the molecule is Cc1cc(C)cc(CSc2ccccc2CN)c1. The van der Waals surface area contributed by atoms with Crippen molar-refractivity contribution in [3.05, 3.63) is 64.7 Å². The van der Waals surface area contributed by atoms with Crippen molar-refractivity contribution in [3.63, 3.8) is 0 Å². The first-order valence-corrected chi connectivity index (χ1v) is 7.15. The molecule has 0 saturated heterocycles. The molecule has 0 amide bonds. The van der Waals surface area contributed by atoms with E-state index in [1.807, 2.05) is 17.8 Å². The topological polar surface area (TPSA) is 26.0 Å². The minimum Gasteiger partial charge on any atom is -0.326 e. The summed E-state index contributed by atoms with van der Waals surface area (Å²) in [5.74, 6) is 1.000. The highest BCUT2D eigenvalue weighted by Crippen LogP contribution is 2.26. The fraction of sp³-hybridized carbons (Fsp3) is 0.250. The Hall–Kier alpha value is -1.25. The highest BCUT2D eigenvalue weighted by molar-refractivity contribution is 7.98. The van der Waals surface area contributed by atoms with Gasteiger partial charge in [0.2, 0.25) is 0 Å². The molecule has 0 aliphatic rings. The zero-order valence-electron chi connectivity index (χ0n) is 10.9. The van der Waals surface area contributed by atoms with Crippen molar-refractivity contribution in [3.8, 4) is 0 Å². The summed E-state index contributed by atoms with van der Waals surface area (Å²) in [6.07, 6.45) is 0. The van der Waals surface area contributed by atoms with Gasteiger partial charge in [-0.3, -0.25) is 0 Å². The molecule has 0 radical (unpaired) electrons. The van der Waals surface area contributed by atoms with E-state index in [9.17, 15) is 0 Å². The van der Waals surface area contributed by atoms with E-state index in [2.05, 4.69) is 50.2 Å². The van der Waals surface area contributed by atoms with Crippen LogP contribution in [-0.4, -0.2) is 0 Å². The maximum atomic E-state index is 5.75. The van der Waals surface area contributed by atoms with E-state index in [1.165, 1.54) is 27.1 Å². The number of nitrogens with two attached hydrogens (primary N) is 1. The second-order valence-corrected chi connectivity index (χ2v) is 5.61. The lowest BCUT2D eigenvalue weighted by Crippen LogP contribution is -1.98. The van der Waals surface area contributed by atoms with Crippen molar-refractivity contribution in [1.29, 1.82) is 0 Å². The first-order chi connectivity index (χ1) is 8.69. The van der Waals surface area contributed by atoms with Crippen molar-refractivity contribution in [2.75, 3.05) is 0 Å². The number of hydrogen-bond donors (Lipinski definition) is 1. The fourth-order valence-electron chi connectivity index (χ4n) is 2.13. The van der Waals surface area contributed by atoms with E-state index in [-0.39, 0.29) is 0 Å². The predicted molar refractivity (Wildman–Crippen MR) is 79.8 cm³/mol. The normalized spacial score (nSPS) is 10.6. The Balaban J connectivity index is 2.11. The Morgan fingerprint density at radius 3 is 2.33 bits per heavy atom. The van der Waals surface area contributed by atoms with Gasteiger partial charge < -0.3 is 5.73 Å². The fourth-order valence-corrected chi connectivity index (χ4v) is 3.13. The van der Waals surface area contributed by atoms with Gasteiger partial charge in [0.1, 0.15) is 0 Å². The van der Waals surface area contributed by atoms with Crippen LogP contribution in [-0.2, 0) is 12.3 Å². The Morgan fingerprint density at radius 1 is 1.00 bits per heavy atom. The molecule has 2 aromatic rings. The van der Waals surface area contributed by atoms with Crippen LogP contribution < -0.4 is 5.73 Å². The zero-order valence-corrected chi connectivity index (χ0v) is 11.8. The van der Waals surface area contributed by atoms with E-state index in [0.717, 1.165) is 5.75 Å². The Labute approximate surface area is 113 Å². The van der Waals surface area contributed by atoms with Gasteiger partial charge in [0, 0.05) is 17.2 Å². The third-order valence-corrected chi connectivity index (χ3v) is 4.06. The van der Waals surface area contributed by atoms with Gasteiger partial charge in [0.05, 0.1) is 0 Å². The molecule has 0 aromatic heterocycles. The van der Waals surface area contributed by atoms with Crippen molar-refractivity contribution in [2.24, 2.45) is 5.73 Å². The van der Waals surface area contributed by atoms with Crippen LogP contribution in [0.3, 0.4) is 0 Å². The van der Waals surface area contributed by atoms with Crippen molar-refractivity contribution in [2.45, 2.75) is 31.0 Å². The van der Waals surface area contributed by atoms with E-state index in [0.29, 0.717) is 6.54 Å². The van der Waals surface area contributed by atoms with Gasteiger partial charge in [-0.2, -0.15) is 0 Å².